The van der Waals surface area contributed by atoms with Crippen molar-refractivity contribution in [2.24, 2.45) is 0 Å². The average Bonchev–Trinajstić information content (AvgIpc) is 3.63. The van der Waals surface area contributed by atoms with Crippen molar-refractivity contribution < 1.29 is 29.1 Å². The molecule has 0 bridgehead atoms. The Balaban J connectivity index is 1.37. The average molecular weight is 565 g/mol. The molecule has 0 aliphatic carbocycles. The quantitative estimate of drug-likeness (QED) is 0.195. The van der Waals surface area contributed by atoms with Gasteiger partial charge in [0.05, 0.1) is 24.7 Å². The minimum absolute atomic E-state index is 0.0479. The topological polar surface area (TPSA) is 13.1 Å². The lowest BCUT2D eigenvalue weighted by molar-refractivity contribution is 0.670. The summed E-state index contributed by atoms with van der Waals surface area (Å²) in [5.41, 5.74) is 0.786. The van der Waals surface area contributed by atoms with Crippen molar-refractivity contribution in [2.45, 2.75) is 0 Å². The van der Waals surface area contributed by atoms with E-state index in [0.717, 1.165) is 0 Å². The molecule has 0 saturated carbocycles. The van der Waals surface area contributed by atoms with Crippen LogP contribution in [0.3, 0.4) is 0 Å². The molecule has 1 aromatic heterocycles. The Morgan fingerprint density at radius 1 is 0.395 bits per heavy atom. The SMILES string of the molecule is [2H]c1cc2c(-c3ccc(-c4c([2H])c([2H])c([2H])c5c4oc4c([2H])c([2H])c([2H])c([2H])c45)cc3)c3cc([2H])c([2H])cc3c(-c3c([2H])c([2H])c4c([2H])c([2H])c([2H])c([2H])c4c3[2H])c2cc1[2H]. The number of hydrogen-bond donors (Lipinski definition) is 0. The lowest BCUT2D eigenvalue weighted by atomic mass is 9.85. The molecule has 43 heavy (non-hydrogen) atoms. The van der Waals surface area contributed by atoms with E-state index in [1.165, 1.54) is 24.3 Å². The molecule has 0 atom stereocenters. The van der Waals surface area contributed by atoms with Gasteiger partial charge in [0.15, 0.2) is 0 Å². The standard InChI is InChI=1S/C42H26O/c1-2-11-30-26-31(25-20-27(30)10-1)41-36-15-5-3-13-34(36)40(35-14-4-6-16-37(35)41)29-23-21-28(22-24-29)32-17-9-18-38-33-12-7-8-19-39(33)43-42(32)38/h1-26H/i1D,2D,3D,4D,5D,6D,7D,8D,9D,10D,11D,12D,17D,18D,19D,20D,25D,26D. The Labute approximate surface area is 274 Å². The second-order valence-corrected chi connectivity index (χ2v) is 9.90. The zero-order chi connectivity index (χ0) is 44.0. The van der Waals surface area contributed by atoms with Crippen LogP contribution < -0.4 is 0 Å². The molecule has 0 saturated heterocycles. The second-order valence-electron chi connectivity index (χ2n) is 9.90. The van der Waals surface area contributed by atoms with Crippen molar-refractivity contribution in [1.82, 2.24) is 0 Å². The second kappa shape index (κ2) is 9.44. The van der Waals surface area contributed by atoms with Gasteiger partial charge in [-0.2, -0.15) is 0 Å². The van der Waals surface area contributed by atoms with Crippen LogP contribution in [0.4, 0.5) is 0 Å². The van der Waals surface area contributed by atoms with Crippen LogP contribution in [0.15, 0.2) is 162 Å². The molecule has 1 heteroatoms. The predicted octanol–water partition coefficient (Wildman–Crippen LogP) is 12.0. The monoisotopic (exact) mass is 564 g/mol. The third-order valence-electron chi connectivity index (χ3n) is 7.59. The molecule has 0 N–H and O–H groups in total. The van der Waals surface area contributed by atoms with E-state index in [9.17, 15) is 2.74 Å². The summed E-state index contributed by atoms with van der Waals surface area (Å²) >= 11 is 0. The summed E-state index contributed by atoms with van der Waals surface area (Å²) in [6, 6.07) is 3.66. The fourth-order valence-electron chi connectivity index (χ4n) is 5.71. The van der Waals surface area contributed by atoms with Crippen molar-refractivity contribution in [3.8, 4) is 33.4 Å². The van der Waals surface area contributed by atoms with E-state index in [0.29, 0.717) is 27.5 Å². The molecule has 0 spiro atoms. The van der Waals surface area contributed by atoms with Crippen LogP contribution in [0, 0.1) is 0 Å². The molecule has 0 amide bonds. The van der Waals surface area contributed by atoms with Crippen LogP contribution in [-0.2, 0) is 0 Å². The van der Waals surface area contributed by atoms with Gasteiger partial charge in [0.1, 0.15) is 11.2 Å². The van der Waals surface area contributed by atoms with Crippen LogP contribution >= 0.6 is 0 Å². The van der Waals surface area contributed by atoms with Gasteiger partial charge in [-0.1, -0.05) is 145 Å². The fraction of sp³-hybridized carbons (Fsp3) is 0. The van der Waals surface area contributed by atoms with Crippen LogP contribution in [0.5, 0.6) is 0 Å². The first-order chi connectivity index (χ1) is 28.8. The van der Waals surface area contributed by atoms with Crippen LogP contribution in [0.2, 0.25) is 0 Å². The highest BCUT2D eigenvalue weighted by Crippen LogP contribution is 2.44. The summed E-state index contributed by atoms with van der Waals surface area (Å²) in [6.45, 7) is 0. The Morgan fingerprint density at radius 2 is 0.977 bits per heavy atom. The number of benzene rings is 8. The number of fused-ring (bicyclic) bond motifs is 6. The number of rotatable bonds is 3. The van der Waals surface area contributed by atoms with E-state index in [-0.39, 0.29) is 84.3 Å². The number of hydrogen-bond acceptors (Lipinski definition) is 1. The number of para-hydroxylation sites is 2. The maximum Gasteiger partial charge on any atom is 0.143 e. The summed E-state index contributed by atoms with van der Waals surface area (Å²) in [7, 11) is 0. The molecule has 0 aliphatic rings. The van der Waals surface area contributed by atoms with Crippen molar-refractivity contribution in [2.75, 3.05) is 0 Å². The summed E-state index contributed by atoms with van der Waals surface area (Å²) in [5.74, 6) is 0. The van der Waals surface area contributed by atoms with Crippen molar-refractivity contribution in [3.63, 3.8) is 0 Å². The number of furan rings is 1. The highest BCUT2D eigenvalue weighted by atomic mass is 16.3. The van der Waals surface area contributed by atoms with Gasteiger partial charge in [0.25, 0.3) is 0 Å². The fourth-order valence-corrected chi connectivity index (χ4v) is 5.71. The molecule has 0 fully saturated rings. The highest BCUT2D eigenvalue weighted by molar-refractivity contribution is 6.21. The lowest BCUT2D eigenvalue weighted by Crippen LogP contribution is -1.91. The summed E-state index contributed by atoms with van der Waals surface area (Å²) in [4.78, 5) is 0. The van der Waals surface area contributed by atoms with Gasteiger partial charge >= 0.3 is 0 Å². The van der Waals surface area contributed by atoms with E-state index in [1.54, 1.807) is 24.3 Å². The summed E-state index contributed by atoms with van der Waals surface area (Å²) in [6.07, 6.45) is 0. The molecule has 9 aromatic rings. The Kier molecular flexibility index (Phi) is 2.70. The van der Waals surface area contributed by atoms with Gasteiger partial charge in [0, 0.05) is 16.3 Å². The summed E-state index contributed by atoms with van der Waals surface area (Å²) < 4.78 is 161. The van der Waals surface area contributed by atoms with E-state index in [1.807, 2.05) is 0 Å². The Morgan fingerprint density at radius 3 is 1.70 bits per heavy atom. The maximum absolute atomic E-state index is 9.36. The zero-order valence-corrected chi connectivity index (χ0v) is 22.0. The van der Waals surface area contributed by atoms with Crippen molar-refractivity contribution >= 4 is 54.3 Å². The molecular formula is C42H26O. The molecule has 200 valence electrons. The van der Waals surface area contributed by atoms with Crippen molar-refractivity contribution in [1.29, 1.82) is 0 Å². The smallest absolute Gasteiger partial charge is 0.143 e. The molecule has 9 rings (SSSR count). The third-order valence-corrected chi connectivity index (χ3v) is 7.59. The van der Waals surface area contributed by atoms with E-state index in [4.69, 9.17) is 26.3 Å². The van der Waals surface area contributed by atoms with Gasteiger partial charge in [-0.25, -0.2) is 0 Å². The summed E-state index contributed by atoms with van der Waals surface area (Å²) in [5, 5.41) is 0.297. The molecule has 0 unspecified atom stereocenters. The molecule has 8 aromatic carbocycles. The first-order valence-electron chi connectivity index (χ1n) is 22.3. The predicted molar refractivity (Wildman–Crippen MR) is 183 cm³/mol. The molecular weight excluding hydrogens is 520 g/mol. The minimum Gasteiger partial charge on any atom is -0.455 e. The van der Waals surface area contributed by atoms with Crippen LogP contribution in [-0.4, -0.2) is 0 Å². The maximum atomic E-state index is 9.36. The molecule has 1 heterocycles. The van der Waals surface area contributed by atoms with Gasteiger partial charge < -0.3 is 4.42 Å². The Hall–Kier alpha value is -5.66. The Bertz CT molecular complexity index is 3430. The van der Waals surface area contributed by atoms with E-state index < -0.39 is 84.6 Å². The molecule has 1 nitrogen and oxygen atoms in total. The highest BCUT2D eigenvalue weighted by Gasteiger charge is 2.17. The van der Waals surface area contributed by atoms with Gasteiger partial charge in [0.2, 0.25) is 0 Å². The largest absolute Gasteiger partial charge is 0.455 e. The van der Waals surface area contributed by atoms with E-state index >= 15 is 0 Å². The van der Waals surface area contributed by atoms with Gasteiger partial charge in [-0.05, 0) is 72.2 Å². The normalized spacial score (nSPS) is 17.6. The first-order valence-corrected chi connectivity index (χ1v) is 13.3. The van der Waals surface area contributed by atoms with Gasteiger partial charge in [-0.3, -0.25) is 0 Å². The molecule has 0 aliphatic heterocycles. The van der Waals surface area contributed by atoms with E-state index in [2.05, 4.69) is 0 Å². The van der Waals surface area contributed by atoms with Crippen LogP contribution in [0.25, 0.3) is 87.6 Å². The van der Waals surface area contributed by atoms with Gasteiger partial charge in [-0.15, -0.1) is 0 Å². The molecule has 0 radical (unpaired) electrons. The zero-order valence-electron chi connectivity index (χ0n) is 40.0. The third kappa shape index (κ3) is 3.72. The van der Waals surface area contributed by atoms with Crippen LogP contribution in [0.1, 0.15) is 24.7 Å². The lowest BCUT2D eigenvalue weighted by Gasteiger charge is -2.18. The van der Waals surface area contributed by atoms with Crippen molar-refractivity contribution in [3.05, 3.63) is 157 Å². The minimum atomic E-state index is -0.637. The first kappa shape index (κ1) is 12.3.